The third-order valence-electron chi connectivity index (χ3n) is 3.12. The third kappa shape index (κ3) is 7.60. The van der Waals surface area contributed by atoms with Gasteiger partial charge < -0.3 is 20.7 Å². The summed E-state index contributed by atoms with van der Waals surface area (Å²) in [4.78, 5) is 40.8. The van der Waals surface area contributed by atoms with Crippen LogP contribution >= 0.6 is 0 Å². The number of aryl methyl sites for hydroxylation is 1. The summed E-state index contributed by atoms with van der Waals surface area (Å²) in [6.07, 6.45) is 0.357. The van der Waals surface area contributed by atoms with Crippen LogP contribution in [-0.2, 0) is 20.8 Å². The molecule has 4 N–H and O–H groups in total. The quantitative estimate of drug-likeness (QED) is 0.397. The Labute approximate surface area is 157 Å². The molecular weight excluding hydrogens is 380 g/mol. The van der Waals surface area contributed by atoms with Crippen LogP contribution in [0.5, 0.6) is 5.75 Å². The Morgan fingerprint density at radius 1 is 0.964 bits per heavy atom. The average molecular weight is 395 g/mol. The first kappa shape index (κ1) is 22.2. The van der Waals surface area contributed by atoms with E-state index in [2.05, 4.69) is 5.73 Å². The highest BCUT2D eigenvalue weighted by atomic mass is 19.1. The van der Waals surface area contributed by atoms with Gasteiger partial charge in [-0.05, 0) is 36.2 Å². The zero-order valence-electron chi connectivity index (χ0n) is 14.2. The number of aliphatic carboxylic acids is 2. The molecule has 2 aromatic carbocycles. The van der Waals surface area contributed by atoms with Crippen LogP contribution in [0.4, 0.5) is 8.78 Å². The van der Waals surface area contributed by atoms with Crippen molar-refractivity contribution in [2.24, 2.45) is 5.73 Å². The van der Waals surface area contributed by atoms with Gasteiger partial charge in [0.05, 0.1) is 5.56 Å². The molecule has 0 unspecified atom stereocenters. The van der Waals surface area contributed by atoms with Crippen LogP contribution in [0.15, 0.2) is 42.5 Å². The van der Waals surface area contributed by atoms with E-state index in [4.69, 9.17) is 14.9 Å². The van der Waals surface area contributed by atoms with Gasteiger partial charge >= 0.3 is 23.8 Å². The summed E-state index contributed by atoms with van der Waals surface area (Å²) < 4.78 is 31.2. The molecule has 0 heterocycles. The van der Waals surface area contributed by atoms with Crippen molar-refractivity contribution in [3.63, 3.8) is 0 Å². The van der Waals surface area contributed by atoms with Crippen LogP contribution < -0.4 is 10.5 Å². The molecule has 0 aromatic heterocycles. The van der Waals surface area contributed by atoms with Crippen LogP contribution in [-0.4, -0.2) is 34.0 Å². The summed E-state index contributed by atoms with van der Waals surface area (Å²) in [6.45, 7) is 0. The van der Waals surface area contributed by atoms with E-state index in [0.717, 1.165) is 17.7 Å². The van der Waals surface area contributed by atoms with Crippen LogP contribution in [0.1, 0.15) is 22.3 Å². The first-order valence-electron chi connectivity index (χ1n) is 7.61. The molecule has 1 amide bonds. The molecule has 0 saturated carbocycles. The van der Waals surface area contributed by atoms with E-state index in [-0.39, 0.29) is 17.7 Å². The largest absolute Gasteiger partial charge is 0.481 e. The lowest BCUT2D eigenvalue weighted by Crippen LogP contribution is -2.21. The van der Waals surface area contributed by atoms with Gasteiger partial charge in [0.2, 0.25) is 0 Å². The standard InChI is InChI=1S/C16H12F2O4.C2H3NO3/c17-11-4-7-13(14(18)9-11)16(21)22-12-5-1-10(2-6-12)3-8-15(19)20;3-1(4)2(5)6/h1-2,4-7,9H,3,8H2,(H,19,20);(H2,3,4)(H,5,6). The highest BCUT2D eigenvalue weighted by Crippen LogP contribution is 2.17. The number of benzene rings is 2. The number of amides is 1. The van der Waals surface area contributed by atoms with Gasteiger partial charge in [0.1, 0.15) is 17.4 Å². The maximum absolute atomic E-state index is 13.4. The Hall–Kier alpha value is -3.82. The van der Waals surface area contributed by atoms with Gasteiger partial charge in [-0.15, -0.1) is 0 Å². The first-order valence-corrected chi connectivity index (χ1v) is 7.61. The molecule has 0 radical (unpaired) electrons. The van der Waals surface area contributed by atoms with E-state index in [0.29, 0.717) is 12.5 Å². The summed E-state index contributed by atoms with van der Waals surface area (Å²) in [7, 11) is 0. The molecule has 0 aliphatic carbocycles. The van der Waals surface area contributed by atoms with Crippen molar-refractivity contribution < 1.29 is 42.9 Å². The number of esters is 1. The molecule has 0 fully saturated rings. The number of halogens is 2. The van der Waals surface area contributed by atoms with Gasteiger partial charge in [0.25, 0.3) is 0 Å². The van der Waals surface area contributed by atoms with Crippen molar-refractivity contribution >= 4 is 23.8 Å². The Balaban J connectivity index is 0.000000568. The predicted octanol–water partition coefficient (Wildman–Crippen LogP) is 1.76. The van der Waals surface area contributed by atoms with Crippen LogP contribution in [0, 0.1) is 11.6 Å². The molecule has 0 aliphatic rings. The number of hydrogen-bond donors (Lipinski definition) is 3. The minimum Gasteiger partial charge on any atom is -0.481 e. The van der Waals surface area contributed by atoms with Crippen molar-refractivity contribution in [3.05, 3.63) is 65.2 Å². The SMILES string of the molecule is NC(=O)C(=O)O.O=C(O)CCc1ccc(OC(=O)c2ccc(F)cc2F)cc1. The summed E-state index contributed by atoms with van der Waals surface area (Å²) in [5.74, 6) is -6.35. The van der Waals surface area contributed by atoms with E-state index in [1.807, 2.05) is 0 Å². The summed E-state index contributed by atoms with van der Waals surface area (Å²) in [6, 6.07) is 8.78. The number of rotatable bonds is 5. The number of ether oxygens (including phenoxy) is 1. The highest BCUT2D eigenvalue weighted by molar-refractivity contribution is 6.30. The lowest BCUT2D eigenvalue weighted by atomic mass is 10.1. The predicted molar refractivity (Wildman–Crippen MR) is 90.5 cm³/mol. The van der Waals surface area contributed by atoms with Crippen molar-refractivity contribution in [1.82, 2.24) is 0 Å². The average Bonchev–Trinajstić information content (AvgIpc) is 2.61. The molecule has 0 bridgehead atoms. The number of primary amides is 1. The van der Waals surface area contributed by atoms with E-state index >= 15 is 0 Å². The Morgan fingerprint density at radius 2 is 1.54 bits per heavy atom. The number of carbonyl (C=O) groups excluding carboxylic acids is 2. The Morgan fingerprint density at radius 3 is 2.00 bits per heavy atom. The molecule has 0 spiro atoms. The molecule has 148 valence electrons. The van der Waals surface area contributed by atoms with Gasteiger partial charge in [-0.25, -0.2) is 18.4 Å². The number of hydrogen-bond acceptors (Lipinski definition) is 5. The van der Waals surface area contributed by atoms with E-state index in [1.165, 1.54) is 12.1 Å². The van der Waals surface area contributed by atoms with Crippen LogP contribution in [0.2, 0.25) is 0 Å². The van der Waals surface area contributed by atoms with Gasteiger partial charge in [-0.3, -0.25) is 9.59 Å². The van der Waals surface area contributed by atoms with E-state index in [1.54, 1.807) is 12.1 Å². The lowest BCUT2D eigenvalue weighted by molar-refractivity contribution is -0.148. The van der Waals surface area contributed by atoms with E-state index in [9.17, 15) is 28.0 Å². The number of carboxylic acid groups (broad SMARTS) is 2. The van der Waals surface area contributed by atoms with Crippen molar-refractivity contribution in [2.45, 2.75) is 12.8 Å². The molecule has 0 atom stereocenters. The van der Waals surface area contributed by atoms with Gasteiger partial charge in [-0.1, -0.05) is 12.1 Å². The molecule has 0 saturated heterocycles. The Bertz CT molecular complexity index is 870. The summed E-state index contributed by atoms with van der Waals surface area (Å²) in [5, 5.41) is 16.1. The number of nitrogens with two attached hydrogens (primary N) is 1. The minimum absolute atomic E-state index is 0.0000744. The molecule has 0 aliphatic heterocycles. The highest BCUT2D eigenvalue weighted by Gasteiger charge is 2.14. The van der Waals surface area contributed by atoms with Gasteiger partial charge in [0, 0.05) is 12.5 Å². The minimum atomic E-state index is -1.60. The molecule has 2 rings (SSSR count). The van der Waals surface area contributed by atoms with Gasteiger partial charge in [-0.2, -0.15) is 0 Å². The maximum Gasteiger partial charge on any atom is 0.394 e. The Kier molecular flexibility index (Phi) is 8.22. The molecule has 8 nitrogen and oxygen atoms in total. The number of carbonyl (C=O) groups is 4. The smallest absolute Gasteiger partial charge is 0.394 e. The van der Waals surface area contributed by atoms with Crippen molar-refractivity contribution in [1.29, 1.82) is 0 Å². The summed E-state index contributed by atoms with van der Waals surface area (Å²) >= 11 is 0. The molecule has 10 heteroatoms. The fourth-order valence-electron chi connectivity index (χ4n) is 1.79. The topological polar surface area (TPSA) is 144 Å². The number of carboxylic acids is 2. The normalized spacial score (nSPS) is 9.64. The lowest BCUT2D eigenvalue weighted by Gasteiger charge is -2.06. The summed E-state index contributed by atoms with van der Waals surface area (Å²) in [5.41, 5.74) is 4.61. The molecule has 2 aromatic rings. The zero-order chi connectivity index (χ0) is 21.3. The molecule has 28 heavy (non-hydrogen) atoms. The maximum atomic E-state index is 13.4. The van der Waals surface area contributed by atoms with Gasteiger partial charge in [0.15, 0.2) is 0 Å². The van der Waals surface area contributed by atoms with Crippen molar-refractivity contribution in [2.75, 3.05) is 0 Å². The fraction of sp³-hybridized carbons (Fsp3) is 0.111. The van der Waals surface area contributed by atoms with Crippen LogP contribution in [0.3, 0.4) is 0 Å². The molecular formula is C18H15F2NO7. The monoisotopic (exact) mass is 395 g/mol. The first-order chi connectivity index (χ1) is 13.1. The second-order valence-corrected chi connectivity index (χ2v) is 5.22. The van der Waals surface area contributed by atoms with E-state index < -0.39 is 35.4 Å². The zero-order valence-corrected chi connectivity index (χ0v) is 14.2. The van der Waals surface area contributed by atoms with Crippen LogP contribution in [0.25, 0.3) is 0 Å². The second kappa shape index (κ2) is 10.4. The third-order valence-corrected chi connectivity index (χ3v) is 3.12. The fourth-order valence-corrected chi connectivity index (χ4v) is 1.79. The van der Waals surface area contributed by atoms with Crippen molar-refractivity contribution in [3.8, 4) is 5.75 Å². The second-order valence-electron chi connectivity index (χ2n) is 5.22.